The Balaban J connectivity index is 1.80. The Kier molecular flexibility index (Phi) is 3.53. The van der Waals surface area contributed by atoms with Crippen LogP contribution >= 0.6 is 23.4 Å². The second-order valence-corrected chi connectivity index (χ2v) is 6.04. The first-order chi connectivity index (χ1) is 9.22. The first kappa shape index (κ1) is 12.6. The normalized spacial score (nSPS) is 14.7. The number of thioether (sulfide) groups is 1. The van der Waals surface area contributed by atoms with Gasteiger partial charge in [-0.1, -0.05) is 23.7 Å². The number of nitrogen functional groups attached to an aromatic ring is 1. The molecular formula is C14H14ClN3S. The first-order valence-electron chi connectivity index (χ1n) is 6.13. The number of anilines is 1. The third-order valence-corrected chi connectivity index (χ3v) is 4.44. The van der Waals surface area contributed by atoms with Gasteiger partial charge in [0, 0.05) is 27.8 Å². The van der Waals surface area contributed by atoms with Crippen LogP contribution in [0, 0.1) is 0 Å². The van der Waals surface area contributed by atoms with E-state index in [2.05, 4.69) is 16.0 Å². The van der Waals surface area contributed by atoms with Crippen LogP contribution in [0.25, 0.3) is 4.91 Å². The number of aromatic amines is 1. The fourth-order valence-electron chi connectivity index (χ4n) is 2.09. The van der Waals surface area contributed by atoms with Crippen molar-refractivity contribution in [2.24, 2.45) is 0 Å². The minimum Gasteiger partial charge on any atom is -0.398 e. The summed E-state index contributed by atoms with van der Waals surface area (Å²) in [5.74, 6) is 2.09. The molecule has 0 amide bonds. The highest BCUT2D eigenvalue weighted by atomic mass is 35.5. The Labute approximate surface area is 121 Å². The molecule has 2 aromatic rings. The van der Waals surface area contributed by atoms with Crippen molar-refractivity contribution in [3.8, 4) is 0 Å². The molecule has 2 heterocycles. The molecule has 5 heteroatoms. The summed E-state index contributed by atoms with van der Waals surface area (Å²) < 4.78 is 0. The number of hydrogen-bond acceptors (Lipinski definition) is 3. The zero-order valence-corrected chi connectivity index (χ0v) is 11.9. The van der Waals surface area contributed by atoms with Crippen LogP contribution in [0.15, 0.2) is 30.5 Å². The van der Waals surface area contributed by atoms with Crippen LogP contribution in [0.3, 0.4) is 0 Å². The van der Waals surface area contributed by atoms with Gasteiger partial charge in [0.1, 0.15) is 5.82 Å². The Hall–Kier alpha value is -1.39. The van der Waals surface area contributed by atoms with E-state index in [4.69, 9.17) is 17.3 Å². The van der Waals surface area contributed by atoms with Gasteiger partial charge in [-0.2, -0.15) is 0 Å². The summed E-state index contributed by atoms with van der Waals surface area (Å²) in [7, 11) is 0. The van der Waals surface area contributed by atoms with Gasteiger partial charge in [-0.3, -0.25) is 0 Å². The first-order valence-corrected chi connectivity index (χ1v) is 7.50. The molecule has 0 saturated carbocycles. The van der Waals surface area contributed by atoms with Crippen LogP contribution in [0.2, 0.25) is 5.02 Å². The van der Waals surface area contributed by atoms with E-state index in [-0.39, 0.29) is 0 Å². The van der Waals surface area contributed by atoms with Crippen LogP contribution in [-0.2, 0) is 6.42 Å². The average molecular weight is 292 g/mol. The van der Waals surface area contributed by atoms with Gasteiger partial charge in [0.15, 0.2) is 0 Å². The van der Waals surface area contributed by atoms with E-state index >= 15 is 0 Å². The molecule has 0 fully saturated rings. The summed E-state index contributed by atoms with van der Waals surface area (Å²) >= 11 is 7.76. The Bertz CT molecular complexity index is 633. The smallest absolute Gasteiger partial charge is 0.111 e. The largest absolute Gasteiger partial charge is 0.398 e. The monoisotopic (exact) mass is 291 g/mol. The summed E-state index contributed by atoms with van der Waals surface area (Å²) in [6.45, 7) is 0. The topological polar surface area (TPSA) is 54.7 Å². The van der Waals surface area contributed by atoms with Gasteiger partial charge in [-0.05, 0) is 24.1 Å². The van der Waals surface area contributed by atoms with E-state index in [1.165, 1.54) is 4.91 Å². The molecule has 3 N–H and O–H groups in total. The fraction of sp³-hybridized carbons (Fsp3) is 0.214. The lowest BCUT2D eigenvalue weighted by Gasteiger charge is -2.04. The summed E-state index contributed by atoms with van der Waals surface area (Å²) in [6.07, 6.45) is 5.98. The van der Waals surface area contributed by atoms with Gasteiger partial charge in [-0.25, -0.2) is 4.98 Å². The molecule has 1 aromatic heterocycles. The third-order valence-electron chi connectivity index (χ3n) is 3.06. The lowest BCUT2D eigenvalue weighted by molar-refractivity contribution is 1.03. The molecule has 0 spiro atoms. The van der Waals surface area contributed by atoms with Crippen molar-refractivity contribution in [3.63, 3.8) is 0 Å². The molecule has 1 aromatic carbocycles. The minimum absolute atomic E-state index is 0.661. The van der Waals surface area contributed by atoms with E-state index < -0.39 is 0 Å². The molecule has 1 aliphatic rings. The number of halogens is 1. The van der Waals surface area contributed by atoms with Crippen LogP contribution in [0.4, 0.5) is 5.69 Å². The lowest BCUT2D eigenvalue weighted by Crippen LogP contribution is -1.97. The number of imidazole rings is 1. The highest BCUT2D eigenvalue weighted by Crippen LogP contribution is 2.32. The Morgan fingerprint density at radius 2 is 2.32 bits per heavy atom. The molecule has 0 atom stereocenters. The highest BCUT2D eigenvalue weighted by Gasteiger charge is 2.11. The Morgan fingerprint density at radius 3 is 3.05 bits per heavy atom. The SMILES string of the molecule is Nc1cc(Cl)ccc1Cc1ncc(C2=CCCS2)[nH]1. The summed E-state index contributed by atoms with van der Waals surface area (Å²) in [5, 5.41) is 0.661. The molecule has 0 unspecified atom stereocenters. The van der Waals surface area contributed by atoms with Gasteiger partial charge in [0.2, 0.25) is 0 Å². The summed E-state index contributed by atoms with van der Waals surface area (Å²) in [4.78, 5) is 9.07. The quantitative estimate of drug-likeness (QED) is 0.848. The zero-order chi connectivity index (χ0) is 13.2. The zero-order valence-electron chi connectivity index (χ0n) is 10.3. The lowest BCUT2D eigenvalue weighted by atomic mass is 10.1. The second kappa shape index (κ2) is 5.31. The van der Waals surface area contributed by atoms with Gasteiger partial charge in [-0.15, -0.1) is 11.8 Å². The van der Waals surface area contributed by atoms with Gasteiger partial charge in [0.25, 0.3) is 0 Å². The maximum absolute atomic E-state index is 5.96. The molecule has 0 bridgehead atoms. The number of hydrogen-bond donors (Lipinski definition) is 2. The summed E-state index contributed by atoms with van der Waals surface area (Å²) in [5.41, 5.74) is 8.81. The third kappa shape index (κ3) is 2.80. The molecule has 0 saturated heterocycles. The average Bonchev–Trinajstić information content (AvgIpc) is 3.03. The fourth-order valence-corrected chi connectivity index (χ4v) is 3.22. The van der Waals surface area contributed by atoms with Crippen LogP contribution < -0.4 is 5.73 Å². The number of aromatic nitrogens is 2. The van der Waals surface area contributed by atoms with Crippen molar-refractivity contribution < 1.29 is 0 Å². The highest BCUT2D eigenvalue weighted by molar-refractivity contribution is 8.08. The number of rotatable bonds is 3. The maximum atomic E-state index is 5.96. The van der Waals surface area contributed by atoms with Crippen LogP contribution in [0.1, 0.15) is 23.5 Å². The molecular weight excluding hydrogens is 278 g/mol. The number of nitrogens with zero attached hydrogens (tertiary/aromatic N) is 1. The number of H-pyrrole nitrogens is 1. The van der Waals surface area contributed by atoms with Crippen molar-refractivity contribution in [1.29, 1.82) is 0 Å². The standard InChI is InChI=1S/C14H14ClN3S/c15-10-4-3-9(11(16)7-10)6-14-17-8-12(18-14)13-2-1-5-19-13/h2-4,7-8H,1,5-6,16H2,(H,17,18). The van der Waals surface area contributed by atoms with E-state index in [0.717, 1.165) is 29.3 Å². The molecule has 0 radical (unpaired) electrons. The molecule has 98 valence electrons. The second-order valence-electron chi connectivity index (χ2n) is 4.47. The number of nitrogens with two attached hydrogens (primary N) is 1. The Morgan fingerprint density at radius 1 is 1.42 bits per heavy atom. The van der Waals surface area contributed by atoms with E-state index in [9.17, 15) is 0 Å². The number of benzene rings is 1. The predicted molar refractivity (Wildman–Crippen MR) is 82.3 cm³/mol. The van der Waals surface area contributed by atoms with Crippen molar-refractivity contribution in [2.75, 3.05) is 11.5 Å². The van der Waals surface area contributed by atoms with Crippen molar-refractivity contribution in [1.82, 2.24) is 9.97 Å². The van der Waals surface area contributed by atoms with Crippen molar-refractivity contribution >= 4 is 34.0 Å². The van der Waals surface area contributed by atoms with Gasteiger partial charge in [0.05, 0.1) is 11.9 Å². The molecule has 3 nitrogen and oxygen atoms in total. The summed E-state index contributed by atoms with van der Waals surface area (Å²) in [6, 6.07) is 5.58. The van der Waals surface area contributed by atoms with Gasteiger partial charge < -0.3 is 10.7 Å². The maximum Gasteiger partial charge on any atom is 0.111 e. The van der Waals surface area contributed by atoms with E-state index in [1.807, 2.05) is 30.1 Å². The van der Waals surface area contributed by atoms with E-state index in [1.54, 1.807) is 6.07 Å². The van der Waals surface area contributed by atoms with Crippen molar-refractivity contribution in [3.05, 3.63) is 52.6 Å². The number of allylic oxidation sites excluding steroid dienone is 1. The minimum atomic E-state index is 0.661. The van der Waals surface area contributed by atoms with E-state index in [0.29, 0.717) is 17.1 Å². The predicted octanol–water partition coefficient (Wildman–Crippen LogP) is 3.71. The molecule has 1 aliphatic heterocycles. The number of nitrogens with one attached hydrogen (secondary N) is 1. The van der Waals surface area contributed by atoms with Gasteiger partial charge >= 0.3 is 0 Å². The molecule has 3 rings (SSSR count). The molecule has 19 heavy (non-hydrogen) atoms. The van der Waals surface area contributed by atoms with Crippen molar-refractivity contribution in [2.45, 2.75) is 12.8 Å². The molecule has 0 aliphatic carbocycles. The van der Waals surface area contributed by atoms with Crippen LogP contribution in [-0.4, -0.2) is 15.7 Å². The van der Waals surface area contributed by atoms with Crippen LogP contribution in [0.5, 0.6) is 0 Å².